The molecule has 0 aromatic heterocycles. The zero-order valence-corrected chi connectivity index (χ0v) is 11.4. The fraction of sp³-hybridized carbons (Fsp3) is 0.500. The molecule has 0 radical (unpaired) electrons. The molecule has 0 saturated carbocycles. The molecular weight excluding hydrogens is 222 g/mol. The lowest BCUT2D eigenvalue weighted by Crippen LogP contribution is -2.53. The Morgan fingerprint density at radius 2 is 1.83 bits per heavy atom. The summed E-state index contributed by atoms with van der Waals surface area (Å²) < 4.78 is 5.48. The van der Waals surface area contributed by atoms with Gasteiger partial charge in [-0.3, -0.25) is 4.90 Å². The van der Waals surface area contributed by atoms with Gasteiger partial charge in [0.25, 0.3) is 0 Å². The highest BCUT2D eigenvalue weighted by atomic mass is 16.5. The Kier molecular flexibility index (Phi) is 4.20. The van der Waals surface area contributed by atoms with Crippen molar-refractivity contribution < 1.29 is 4.74 Å². The second-order valence-electron chi connectivity index (χ2n) is 5.15. The van der Waals surface area contributed by atoms with Crippen LogP contribution in [0.2, 0.25) is 0 Å². The van der Waals surface area contributed by atoms with Gasteiger partial charge in [0.05, 0.1) is 18.8 Å². The number of ether oxygens (including phenoxy) is 1. The monoisotopic (exact) mass is 245 g/mol. The van der Waals surface area contributed by atoms with Gasteiger partial charge in [0.2, 0.25) is 0 Å². The summed E-state index contributed by atoms with van der Waals surface area (Å²) in [7, 11) is 0. The molecule has 1 aliphatic rings. The molecule has 0 aliphatic carbocycles. The number of hydrogen-bond donors (Lipinski definition) is 0. The summed E-state index contributed by atoms with van der Waals surface area (Å²) in [5.41, 5.74) is 1.25. The van der Waals surface area contributed by atoms with Crippen LogP contribution in [0, 0.1) is 5.92 Å². The molecule has 2 nitrogen and oxygen atoms in total. The summed E-state index contributed by atoms with van der Waals surface area (Å²) in [5, 5.41) is 0. The van der Waals surface area contributed by atoms with E-state index >= 15 is 0 Å². The Morgan fingerprint density at radius 3 is 2.33 bits per heavy atom. The Morgan fingerprint density at radius 1 is 1.22 bits per heavy atom. The van der Waals surface area contributed by atoms with Crippen molar-refractivity contribution in [1.29, 1.82) is 0 Å². The molecular formula is C16H23NO. The van der Waals surface area contributed by atoms with Crippen LogP contribution in [0.25, 0.3) is 0 Å². The molecule has 18 heavy (non-hydrogen) atoms. The van der Waals surface area contributed by atoms with Crippen LogP contribution in [0.5, 0.6) is 0 Å². The van der Waals surface area contributed by atoms with Gasteiger partial charge in [-0.05, 0) is 11.5 Å². The van der Waals surface area contributed by atoms with E-state index in [0.717, 1.165) is 26.3 Å². The van der Waals surface area contributed by atoms with Crippen LogP contribution in [-0.4, -0.2) is 31.2 Å². The third kappa shape index (κ3) is 2.23. The number of benzene rings is 1. The Hall–Kier alpha value is -1.12. The maximum atomic E-state index is 5.48. The van der Waals surface area contributed by atoms with E-state index in [9.17, 15) is 0 Å². The minimum atomic E-state index is -0.0783. The molecule has 1 fully saturated rings. The molecule has 0 spiro atoms. The van der Waals surface area contributed by atoms with Crippen molar-refractivity contribution in [3.05, 3.63) is 48.6 Å². The summed E-state index contributed by atoms with van der Waals surface area (Å²) >= 11 is 0. The Balaban J connectivity index is 2.42. The van der Waals surface area contributed by atoms with Crippen molar-refractivity contribution in [2.75, 3.05) is 26.3 Å². The van der Waals surface area contributed by atoms with Crippen molar-refractivity contribution in [2.45, 2.75) is 19.4 Å². The van der Waals surface area contributed by atoms with E-state index < -0.39 is 0 Å². The average molecular weight is 245 g/mol. The largest absolute Gasteiger partial charge is 0.379 e. The molecule has 0 amide bonds. The molecule has 1 heterocycles. The molecule has 0 bridgehead atoms. The first-order valence-electron chi connectivity index (χ1n) is 6.73. The molecule has 98 valence electrons. The van der Waals surface area contributed by atoms with Crippen molar-refractivity contribution in [3.8, 4) is 0 Å². The van der Waals surface area contributed by atoms with Crippen molar-refractivity contribution >= 4 is 0 Å². The zero-order valence-electron chi connectivity index (χ0n) is 11.4. The Labute approximate surface area is 110 Å². The van der Waals surface area contributed by atoms with E-state index in [1.165, 1.54) is 5.56 Å². The standard InChI is InChI=1S/C16H23NO/c1-4-16(14(2)3,15-8-6-5-7-9-15)17-10-12-18-13-11-17/h4-9,14H,1,10-13H2,2-3H3. The van der Waals surface area contributed by atoms with Gasteiger partial charge in [-0.2, -0.15) is 0 Å². The van der Waals surface area contributed by atoms with Crippen molar-refractivity contribution in [1.82, 2.24) is 4.90 Å². The van der Waals surface area contributed by atoms with E-state index in [2.05, 4.69) is 61.7 Å². The predicted octanol–water partition coefficient (Wildman–Crippen LogP) is 3.06. The molecule has 2 heteroatoms. The second-order valence-corrected chi connectivity index (χ2v) is 5.15. The fourth-order valence-electron chi connectivity index (χ4n) is 3.00. The molecule has 1 aromatic rings. The third-order valence-electron chi connectivity index (χ3n) is 3.96. The predicted molar refractivity (Wildman–Crippen MR) is 75.5 cm³/mol. The fourth-order valence-corrected chi connectivity index (χ4v) is 3.00. The van der Waals surface area contributed by atoms with Gasteiger partial charge in [-0.25, -0.2) is 0 Å². The summed E-state index contributed by atoms with van der Waals surface area (Å²) in [6.07, 6.45) is 2.11. The minimum Gasteiger partial charge on any atom is -0.379 e. The first kappa shape index (κ1) is 13.3. The van der Waals surface area contributed by atoms with Crippen LogP contribution in [0.4, 0.5) is 0 Å². The van der Waals surface area contributed by atoms with Gasteiger partial charge in [0.1, 0.15) is 0 Å². The van der Waals surface area contributed by atoms with Crippen LogP contribution in [0.3, 0.4) is 0 Å². The van der Waals surface area contributed by atoms with E-state index in [1.54, 1.807) is 0 Å². The molecule has 1 aromatic carbocycles. The van der Waals surface area contributed by atoms with Gasteiger partial charge in [-0.15, -0.1) is 6.58 Å². The van der Waals surface area contributed by atoms with Gasteiger partial charge >= 0.3 is 0 Å². The molecule has 1 aliphatic heterocycles. The highest BCUT2D eigenvalue weighted by Gasteiger charge is 2.39. The van der Waals surface area contributed by atoms with Gasteiger partial charge in [0, 0.05) is 13.1 Å². The third-order valence-corrected chi connectivity index (χ3v) is 3.96. The van der Waals surface area contributed by atoms with Crippen LogP contribution in [0.15, 0.2) is 43.0 Å². The number of nitrogens with zero attached hydrogens (tertiary/aromatic N) is 1. The summed E-state index contributed by atoms with van der Waals surface area (Å²) in [4.78, 5) is 2.50. The van der Waals surface area contributed by atoms with Crippen molar-refractivity contribution in [3.63, 3.8) is 0 Å². The SMILES string of the molecule is C=CC(c1ccccc1)(C(C)C)N1CCOCC1. The minimum absolute atomic E-state index is 0.0783. The van der Waals surface area contributed by atoms with E-state index in [0.29, 0.717) is 5.92 Å². The number of hydrogen-bond acceptors (Lipinski definition) is 2. The average Bonchev–Trinajstić information content (AvgIpc) is 2.42. The highest BCUT2D eigenvalue weighted by molar-refractivity contribution is 5.30. The van der Waals surface area contributed by atoms with E-state index in [-0.39, 0.29) is 5.54 Å². The maximum Gasteiger partial charge on any atom is 0.0667 e. The summed E-state index contributed by atoms with van der Waals surface area (Å²) in [6.45, 7) is 12.2. The van der Waals surface area contributed by atoms with Gasteiger partial charge in [0.15, 0.2) is 0 Å². The number of morpholine rings is 1. The summed E-state index contributed by atoms with van der Waals surface area (Å²) in [5.74, 6) is 0.482. The van der Waals surface area contributed by atoms with Crippen LogP contribution < -0.4 is 0 Å². The van der Waals surface area contributed by atoms with Crippen LogP contribution in [-0.2, 0) is 10.3 Å². The normalized spacial score (nSPS) is 20.6. The Bertz CT molecular complexity index is 381. The quantitative estimate of drug-likeness (QED) is 0.756. The van der Waals surface area contributed by atoms with Gasteiger partial charge < -0.3 is 4.74 Å². The van der Waals surface area contributed by atoms with Crippen LogP contribution >= 0.6 is 0 Å². The first-order chi connectivity index (χ1) is 8.71. The van der Waals surface area contributed by atoms with E-state index in [4.69, 9.17) is 4.74 Å². The van der Waals surface area contributed by atoms with E-state index in [1.807, 2.05) is 0 Å². The maximum absolute atomic E-state index is 5.48. The topological polar surface area (TPSA) is 12.5 Å². The lowest BCUT2D eigenvalue weighted by Gasteiger charge is -2.47. The zero-order chi connectivity index (χ0) is 13.0. The lowest BCUT2D eigenvalue weighted by molar-refractivity contribution is -0.0235. The summed E-state index contributed by atoms with van der Waals surface area (Å²) in [6, 6.07) is 10.7. The molecule has 2 rings (SSSR count). The molecule has 1 atom stereocenters. The second kappa shape index (κ2) is 5.68. The van der Waals surface area contributed by atoms with Gasteiger partial charge in [-0.1, -0.05) is 50.3 Å². The van der Waals surface area contributed by atoms with Crippen LogP contribution in [0.1, 0.15) is 19.4 Å². The number of rotatable bonds is 4. The molecule has 1 unspecified atom stereocenters. The van der Waals surface area contributed by atoms with Crippen molar-refractivity contribution in [2.24, 2.45) is 5.92 Å². The lowest BCUT2D eigenvalue weighted by atomic mass is 9.78. The molecule has 0 N–H and O–H groups in total. The first-order valence-corrected chi connectivity index (χ1v) is 6.73. The smallest absolute Gasteiger partial charge is 0.0667 e. The molecule has 1 saturated heterocycles. The highest BCUT2D eigenvalue weighted by Crippen LogP contribution is 2.37.